The fourth-order valence-electron chi connectivity index (χ4n) is 3.08. The number of carbonyl (C=O) groups is 4. The Labute approximate surface area is 222 Å². The van der Waals surface area contributed by atoms with E-state index in [4.69, 9.17) is 9.47 Å². The Morgan fingerprint density at radius 1 is 0.568 bits per heavy atom. The van der Waals surface area contributed by atoms with Crippen molar-refractivity contribution in [3.63, 3.8) is 0 Å². The van der Waals surface area contributed by atoms with E-state index >= 15 is 0 Å². The first-order valence-electron chi connectivity index (χ1n) is 13.2. The molecule has 0 spiro atoms. The number of carbonyl (C=O) groups excluding carboxylic acids is 4. The molecule has 0 atom stereocenters. The zero-order chi connectivity index (χ0) is 28.5. The van der Waals surface area contributed by atoms with Gasteiger partial charge in [-0.05, 0) is 74.7 Å². The number of hydrogen-bond acceptors (Lipinski definition) is 6. The van der Waals surface area contributed by atoms with Gasteiger partial charge in [-0.25, -0.2) is 19.2 Å². The molecule has 0 aromatic heterocycles. The molecule has 0 saturated heterocycles. The lowest BCUT2D eigenvalue weighted by molar-refractivity contribution is 0.0203. The Morgan fingerprint density at radius 2 is 0.892 bits per heavy atom. The molecule has 6 amide bonds. The second-order valence-corrected chi connectivity index (χ2v) is 10.6. The van der Waals surface area contributed by atoms with Crippen LogP contribution in [0.5, 0.6) is 0 Å². The van der Waals surface area contributed by atoms with Gasteiger partial charge in [0.2, 0.25) is 0 Å². The van der Waals surface area contributed by atoms with Gasteiger partial charge in [-0.15, -0.1) is 0 Å². The van der Waals surface area contributed by atoms with E-state index < -0.39 is 23.4 Å². The molecule has 0 aromatic rings. The molecule has 0 fully saturated rings. The second kappa shape index (κ2) is 17.5. The summed E-state index contributed by atoms with van der Waals surface area (Å²) < 4.78 is 11.1. The van der Waals surface area contributed by atoms with Crippen molar-refractivity contribution in [3.05, 3.63) is 0 Å². The van der Waals surface area contributed by atoms with Crippen molar-refractivity contribution in [2.75, 3.05) is 52.4 Å². The van der Waals surface area contributed by atoms with Crippen LogP contribution < -0.4 is 21.3 Å². The van der Waals surface area contributed by atoms with Crippen molar-refractivity contribution in [2.24, 2.45) is 0 Å². The summed E-state index contributed by atoms with van der Waals surface area (Å²) in [6.45, 7) is 17.9. The van der Waals surface area contributed by atoms with E-state index in [0.717, 1.165) is 0 Å². The summed E-state index contributed by atoms with van der Waals surface area (Å²) in [4.78, 5) is 51.9. The molecule has 216 valence electrons. The predicted molar refractivity (Wildman–Crippen MR) is 144 cm³/mol. The van der Waals surface area contributed by atoms with Gasteiger partial charge in [-0.3, -0.25) is 0 Å². The van der Waals surface area contributed by atoms with Crippen LogP contribution in [0.4, 0.5) is 19.2 Å². The molecule has 37 heavy (non-hydrogen) atoms. The number of nitrogens with zero attached hydrogens (tertiary/aromatic N) is 2. The minimum atomic E-state index is -0.645. The van der Waals surface area contributed by atoms with Gasteiger partial charge in [-0.1, -0.05) is 0 Å². The number of rotatable bonds is 14. The standard InChI is InChI=1S/C25H50N6O6/c1-9-26-20(32)28-14-11-16-30(22(34)36-24(3,4)5)18-13-19-31(23(35)37-25(6,7)8)17-12-15-29-21(33)27-10-2/h9-19H2,1-8H3,(H2,26,28,32)(H2,27,29,33). The van der Waals surface area contributed by atoms with E-state index in [-0.39, 0.29) is 12.1 Å². The van der Waals surface area contributed by atoms with Crippen LogP contribution in [0.2, 0.25) is 0 Å². The minimum Gasteiger partial charge on any atom is -0.444 e. The lowest BCUT2D eigenvalue weighted by Crippen LogP contribution is -2.43. The number of hydrogen-bond donors (Lipinski definition) is 4. The highest BCUT2D eigenvalue weighted by atomic mass is 16.6. The van der Waals surface area contributed by atoms with Crippen molar-refractivity contribution in [1.82, 2.24) is 31.1 Å². The second-order valence-electron chi connectivity index (χ2n) is 10.6. The maximum absolute atomic E-state index is 12.8. The molecule has 4 N–H and O–H groups in total. The van der Waals surface area contributed by atoms with Crippen LogP contribution in [0.1, 0.15) is 74.7 Å². The van der Waals surface area contributed by atoms with Gasteiger partial charge in [0.15, 0.2) is 0 Å². The van der Waals surface area contributed by atoms with Gasteiger partial charge in [0.05, 0.1) is 0 Å². The van der Waals surface area contributed by atoms with E-state index in [1.165, 1.54) is 0 Å². The molecule has 12 heteroatoms. The summed E-state index contributed by atoms with van der Waals surface area (Å²) in [5, 5.41) is 10.8. The van der Waals surface area contributed by atoms with Crippen molar-refractivity contribution < 1.29 is 28.7 Å². The van der Waals surface area contributed by atoms with Crippen LogP contribution in [0, 0.1) is 0 Å². The maximum Gasteiger partial charge on any atom is 0.410 e. The molecule has 0 bridgehead atoms. The SMILES string of the molecule is CCNC(=O)NCCCN(CCCN(CCCNC(=O)NCC)C(=O)OC(C)(C)C)C(=O)OC(C)(C)C. The monoisotopic (exact) mass is 530 g/mol. The summed E-state index contributed by atoms with van der Waals surface area (Å²) in [6, 6.07) is -0.498. The smallest absolute Gasteiger partial charge is 0.410 e. The number of ether oxygens (including phenoxy) is 2. The zero-order valence-electron chi connectivity index (χ0n) is 24.1. The van der Waals surface area contributed by atoms with Crippen LogP contribution in [-0.4, -0.2) is 97.6 Å². The number of amides is 6. The quantitative estimate of drug-likeness (QED) is 0.254. The van der Waals surface area contributed by atoms with E-state index in [9.17, 15) is 19.2 Å². The Balaban J connectivity index is 5.03. The van der Waals surface area contributed by atoms with Gasteiger partial charge >= 0.3 is 24.2 Å². The zero-order valence-corrected chi connectivity index (χ0v) is 24.1. The van der Waals surface area contributed by atoms with Crippen molar-refractivity contribution in [3.8, 4) is 0 Å². The van der Waals surface area contributed by atoms with Crippen LogP contribution in [0.15, 0.2) is 0 Å². The number of nitrogens with one attached hydrogen (secondary N) is 4. The Hall–Kier alpha value is -2.92. The summed E-state index contributed by atoms with van der Waals surface area (Å²) in [5.74, 6) is 0. The van der Waals surface area contributed by atoms with Gasteiger partial charge in [0, 0.05) is 52.4 Å². The first-order valence-corrected chi connectivity index (χ1v) is 13.2. The van der Waals surface area contributed by atoms with Crippen molar-refractivity contribution in [2.45, 2.75) is 85.9 Å². The van der Waals surface area contributed by atoms with Crippen LogP contribution in [-0.2, 0) is 9.47 Å². The lowest BCUT2D eigenvalue weighted by atomic mass is 10.2. The lowest BCUT2D eigenvalue weighted by Gasteiger charge is -2.30. The minimum absolute atomic E-state index is 0.249. The topological polar surface area (TPSA) is 141 Å². The highest BCUT2D eigenvalue weighted by Crippen LogP contribution is 2.13. The highest BCUT2D eigenvalue weighted by molar-refractivity contribution is 5.74. The van der Waals surface area contributed by atoms with Crippen LogP contribution in [0.3, 0.4) is 0 Å². The van der Waals surface area contributed by atoms with Gasteiger partial charge in [0.25, 0.3) is 0 Å². The third-order valence-electron chi connectivity index (χ3n) is 4.61. The maximum atomic E-state index is 12.8. The van der Waals surface area contributed by atoms with Crippen LogP contribution in [0.25, 0.3) is 0 Å². The first-order chi connectivity index (χ1) is 17.2. The van der Waals surface area contributed by atoms with Crippen molar-refractivity contribution >= 4 is 24.2 Å². The van der Waals surface area contributed by atoms with E-state index in [1.807, 2.05) is 13.8 Å². The Bertz CT molecular complexity index is 647. The van der Waals surface area contributed by atoms with Gasteiger partial charge in [0.1, 0.15) is 11.2 Å². The highest BCUT2D eigenvalue weighted by Gasteiger charge is 2.24. The summed E-state index contributed by atoms with van der Waals surface area (Å²) in [6.07, 6.45) is 0.724. The fraction of sp³-hybridized carbons (Fsp3) is 0.840. The molecule has 0 unspecified atom stereocenters. The van der Waals surface area contributed by atoms with Gasteiger partial charge in [-0.2, -0.15) is 0 Å². The van der Waals surface area contributed by atoms with Gasteiger partial charge < -0.3 is 40.5 Å². The van der Waals surface area contributed by atoms with E-state index in [0.29, 0.717) is 71.6 Å². The molecule has 0 aromatic carbocycles. The fourth-order valence-corrected chi connectivity index (χ4v) is 3.08. The Kier molecular flexibility index (Phi) is 16.1. The molecular formula is C25H50N6O6. The predicted octanol–water partition coefficient (Wildman–Crippen LogP) is 3.27. The third-order valence-corrected chi connectivity index (χ3v) is 4.61. The molecule has 0 aliphatic rings. The largest absolute Gasteiger partial charge is 0.444 e. The van der Waals surface area contributed by atoms with E-state index in [2.05, 4.69) is 21.3 Å². The molecule has 0 radical (unpaired) electrons. The molecule has 0 rings (SSSR count). The summed E-state index contributed by atoms with van der Waals surface area (Å²) >= 11 is 0. The normalized spacial score (nSPS) is 11.2. The molecule has 0 aliphatic heterocycles. The third kappa shape index (κ3) is 18.9. The van der Waals surface area contributed by atoms with Crippen molar-refractivity contribution in [1.29, 1.82) is 0 Å². The Morgan fingerprint density at radius 3 is 1.19 bits per heavy atom. The molecule has 12 nitrogen and oxygen atoms in total. The molecule has 0 aliphatic carbocycles. The summed E-state index contributed by atoms with van der Waals surface area (Å²) in [7, 11) is 0. The van der Waals surface area contributed by atoms with Crippen LogP contribution >= 0.6 is 0 Å². The number of urea groups is 2. The molecule has 0 heterocycles. The summed E-state index contributed by atoms with van der Waals surface area (Å²) in [5.41, 5.74) is -1.29. The first kappa shape index (κ1) is 34.1. The average molecular weight is 531 g/mol. The average Bonchev–Trinajstić information content (AvgIpc) is 2.74. The molecular weight excluding hydrogens is 480 g/mol. The molecule has 0 saturated carbocycles. The van der Waals surface area contributed by atoms with E-state index in [1.54, 1.807) is 51.3 Å².